The number of imidazole rings is 1. The molecule has 6 nitrogen and oxygen atoms in total. The number of hydrogen-bond donors (Lipinski definition) is 0. The van der Waals surface area contributed by atoms with E-state index in [4.69, 9.17) is 9.72 Å². The highest BCUT2D eigenvalue weighted by Gasteiger charge is 2.23. The molecule has 14 aromatic rings. The first-order valence-corrected chi connectivity index (χ1v) is 25.9. The maximum Gasteiger partial charge on any atom is 0.269 e. The van der Waals surface area contributed by atoms with Gasteiger partial charge in [0.25, 0.3) is 6.33 Å². The van der Waals surface area contributed by atoms with Gasteiger partial charge in [0.1, 0.15) is 17.3 Å². The van der Waals surface area contributed by atoms with Crippen molar-refractivity contribution in [1.29, 1.82) is 0 Å². The molecule has 0 radical (unpaired) electrons. The Bertz CT molecular complexity index is 4460. The Kier molecular flexibility index (Phi) is 10.6. The van der Waals surface area contributed by atoms with Crippen molar-refractivity contribution < 1.29 is 9.30 Å². The number of fused-ring (bicyclic) bond motifs is 7. The number of benzene rings is 10. The van der Waals surface area contributed by atoms with Gasteiger partial charge in [-0.3, -0.25) is 13.7 Å². The molecular formula is C70H51N5O. The van der Waals surface area contributed by atoms with E-state index in [2.05, 4.69) is 288 Å². The van der Waals surface area contributed by atoms with E-state index >= 15 is 0 Å². The van der Waals surface area contributed by atoms with Crippen molar-refractivity contribution in [2.75, 3.05) is 0 Å². The van der Waals surface area contributed by atoms with Crippen LogP contribution in [0.5, 0.6) is 11.5 Å². The second-order valence-corrected chi connectivity index (χ2v) is 20.6. The molecule has 0 amide bonds. The molecule has 10 aromatic carbocycles. The zero-order valence-electron chi connectivity index (χ0n) is 42.4. The van der Waals surface area contributed by atoms with Gasteiger partial charge in [0.15, 0.2) is 0 Å². The summed E-state index contributed by atoms with van der Waals surface area (Å²) in [6, 6.07) is 88.4. The van der Waals surface area contributed by atoms with Crippen LogP contribution in [0.1, 0.15) is 26.3 Å². The Labute approximate surface area is 441 Å². The lowest BCUT2D eigenvalue weighted by atomic mass is 9.88. The van der Waals surface area contributed by atoms with Crippen molar-refractivity contribution in [2.45, 2.75) is 26.2 Å². The summed E-state index contributed by atoms with van der Waals surface area (Å²) >= 11 is 0. The van der Waals surface area contributed by atoms with E-state index in [1.54, 1.807) is 0 Å². The van der Waals surface area contributed by atoms with E-state index in [0.717, 1.165) is 89.3 Å². The minimum atomic E-state index is -0.0717. The lowest BCUT2D eigenvalue weighted by molar-refractivity contribution is -0.571. The quantitative estimate of drug-likeness (QED) is 0.107. The summed E-state index contributed by atoms with van der Waals surface area (Å²) in [7, 11) is 0. The Morgan fingerprint density at radius 3 is 1.80 bits per heavy atom. The fourth-order valence-corrected chi connectivity index (χ4v) is 11.3. The third-order valence-corrected chi connectivity index (χ3v) is 14.9. The second kappa shape index (κ2) is 18.0. The summed E-state index contributed by atoms with van der Waals surface area (Å²) < 4.78 is 16.0. The predicted octanol–water partition coefficient (Wildman–Crippen LogP) is 17.4. The van der Waals surface area contributed by atoms with E-state index in [1.165, 1.54) is 32.9 Å². The Morgan fingerprint density at radius 1 is 0.421 bits per heavy atom. The van der Waals surface area contributed by atoms with Gasteiger partial charge in [-0.1, -0.05) is 185 Å². The minimum Gasteiger partial charge on any atom is -0.458 e. The van der Waals surface area contributed by atoms with Gasteiger partial charge in [-0.15, -0.1) is 0 Å². The van der Waals surface area contributed by atoms with Crippen LogP contribution < -0.4 is 9.30 Å². The van der Waals surface area contributed by atoms with E-state index < -0.39 is 0 Å². The molecule has 0 atom stereocenters. The largest absolute Gasteiger partial charge is 0.458 e. The highest BCUT2D eigenvalue weighted by atomic mass is 16.5. The molecule has 0 unspecified atom stereocenters. The van der Waals surface area contributed by atoms with Crippen molar-refractivity contribution in [3.8, 4) is 67.8 Å². The first-order chi connectivity index (χ1) is 37.3. The zero-order chi connectivity index (χ0) is 50.9. The summed E-state index contributed by atoms with van der Waals surface area (Å²) in [6.07, 6.45) is 5.76. The van der Waals surface area contributed by atoms with E-state index in [-0.39, 0.29) is 5.41 Å². The monoisotopic (exact) mass is 977 g/mol. The molecule has 6 heteroatoms. The standard InChI is InChI=1S/C70H51N5O/c1-70(2,3)50-40-41-71-67(43-50)75-62-39-36-49(55-29-19-35-65-68(55)59-28-13-14-32-61(59)74(65)51-24-11-6-12-25-51)42-60(62)58-38-37-54(45-66(58)75)76-53-27-17-26-52(44-53)72-46-73(64-34-16-15-33-63(64)72)69-56(47-20-7-4-8-21-47)30-18-31-57(69)48-22-9-5-10-23-48/h4-45H,1-3H3. The molecule has 0 N–H and O–H groups in total. The zero-order valence-corrected chi connectivity index (χ0v) is 42.4. The van der Waals surface area contributed by atoms with Crippen LogP contribution in [0.2, 0.25) is 0 Å². The molecule has 0 saturated heterocycles. The molecule has 0 spiro atoms. The van der Waals surface area contributed by atoms with Crippen LogP contribution in [0, 0.1) is 6.33 Å². The predicted molar refractivity (Wildman–Crippen MR) is 312 cm³/mol. The number of ether oxygens (including phenoxy) is 1. The molecular weight excluding hydrogens is 927 g/mol. The molecule has 0 saturated carbocycles. The highest BCUT2D eigenvalue weighted by Crippen LogP contribution is 2.43. The van der Waals surface area contributed by atoms with Crippen molar-refractivity contribution in [3.63, 3.8) is 0 Å². The van der Waals surface area contributed by atoms with Crippen molar-refractivity contribution in [2.24, 2.45) is 0 Å². The number of pyridine rings is 1. The first-order valence-electron chi connectivity index (χ1n) is 25.9. The normalized spacial score (nSPS) is 11.9. The van der Waals surface area contributed by atoms with Crippen LogP contribution in [0.25, 0.3) is 111 Å². The average molecular weight is 978 g/mol. The van der Waals surface area contributed by atoms with Crippen LogP contribution in [0.15, 0.2) is 255 Å². The fourth-order valence-electron chi connectivity index (χ4n) is 11.3. The number of para-hydroxylation sites is 5. The lowest BCUT2D eigenvalue weighted by Gasteiger charge is -2.20. The third kappa shape index (κ3) is 7.56. The SMILES string of the molecule is CC(C)(C)c1ccnc(-n2c3ccc(-c4cccc5c4c4ccccc4n5-c4ccccc4)cc3c3ccc(Oc4cccc(-n5[c-][n+](-c6c(-c7ccccc7)cccc6-c6ccccc6)c6ccccc65)c4)cc32)c1. The Morgan fingerprint density at radius 2 is 1.04 bits per heavy atom. The average Bonchev–Trinajstić information content (AvgIpc) is 4.14. The van der Waals surface area contributed by atoms with E-state index in [9.17, 15) is 0 Å². The van der Waals surface area contributed by atoms with Gasteiger partial charge >= 0.3 is 0 Å². The van der Waals surface area contributed by atoms with Crippen LogP contribution in [-0.2, 0) is 5.41 Å². The fraction of sp³-hybridized carbons (Fsp3) is 0.0571. The van der Waals surface area contributed by atoms with Crippen LogP contribution in [0.3, 0.4) is 0 Å². The van der Waals surface area contributed by atoms with E-state index in [1.807, 2.05) is 12.3 Å². The van der Waals surface area contributed by atoms with Gasteiger partial charge in [-0.2, -0.15) is 0 Å². The van der Waals surface area contributed by atoms with Crippen LogP contribution in [-0.4, -0.2) is 18.7 Å². The molecule has 0 aliphatic heterocycles. The number of hydrogen-bond acceptors (Lipinski definition) is 2. The van der Waals surface area contributed by atoms with E-state index in [0.29, 0.717) is 5.75 Å². The number of aromatic nitrogens is 5. The number of rotatable bonds is 9. The van der Waals surface area contributed by atoms with Gasteiger partial charge in [0.05, 0.1) is 44.5 Å². The molecule has 4 aromatic heterocycles. The Hall–Kier alpha value is -9.78. The summed E-state index contributed by atoms with van der Waals surface area (Å²) in [5, 5.41) is 4.71. The maximum atomic E-state index is 6.92. The summed E-state index contributed by atoms with van der Waals surface area (Å²) in [5.74, 6) is 2.30. The van der Waals surface area contributed by atoms with Gasteiger partial charge in [-0.25, -0.2) is 4.98 Å². The highest BCUT2D eigenvalue weighted by molar-refractivity contribution is 6.17. The molecule has 76 heavy (non-hydrogen) atoms. The topological polar surface area (TPSA) is 40.8 Å². The molecule has 0 fully saturated rings. The summed E-state index contributed by atoms with van der Waals surface area (Å²) in [5.41, 5.74) is 17.6. The molecule has 362 valence electrons. The summed E-state index contributed by atoms with van der Waals surface area (Å²) in [4.78, 5) is 5.05. The molecule has 14 rings (SSSR count). The smallest absolute Gasteiger partial charge is 0.269 e. The van der Waals surface area contributed by atoms with Gasteiger partial charge in [0, 0.05) is 39.5 Å². The van der Waals surface area contributed by atoms with Crippen LogP contribution >= 0.6 is 0 Å². The lowest BCUT2D eigenvalue weighted by Crippen LogP contribution is -2.31. The van der Waals surface area contributed by atoms with Crippen molar-refractivity contribution >= 4 is 54.6 Å². The van der Waals surface area contributed by atoms with Gasteiger partial charge in [0.2, 0.25) is 0 Å². The second-order valence-electron chi connectivity index (χ2n) is 20.6. The molecule has 0 aliphatic carbocycles. The number of nitrogens with zero attached hydrogens (tertiary/aromatic N) is 5. The Balaban J connectivity index is 0.896. The molecule has 0 bridgehead atoms. The third-order valence-electron chi connectivity index (χ3n) is 14.9. The van der Waals surface area contributed by atoms with Gasteiger partial charge in [-0.05, 0) is 123 Å². The summed E-state index contributed by atoms with van der Waals surface area (Å²) in [6.45, 7) is 6.75. The van der Waals surface area contributed by atoms with Crippen LogP contribution in [0.4, 0.5) is 0 Å². The van der Waals surface area contributed by atoms with Gasteiger partial charge < -0.3 is 9.30 Å². The van der Waals surface area contributed by atoms with Crippen molar-refractivity contribution in [3.05, 3.63) is 267 Å². The minimum absolute atomic E-state index is 0.0717. The molecule has 0 aliphatic rings. The molecule has 4 heterocycles. The maximum absolute atomic E-state index is 6.92. The van der Waals surface area contributed by atoms with Crippen molar-refractivity contribution in [1.82, 2.24) is 18.7 Å². The first kappa shape index (κ1) is 44.9.